The predicted molar refractivity (Wildman–Crippen MR) is 69.6 cm³/mol. The number of anilines is 1. The van der Waals surface area contributed by atoms with Gasteiger partial charge in [-0.1, -0.05) is 37.6 Å². The van der Waals surface area contributed by atoms with Crippen molar-refractivity contribution in [1.82, 2.24) is 5.16 Å². The Kier molecular flexibility index (Phi) is 3.65. The molecule has 0 aliphatic heterocycles. The molecule has 3 nitrogen and oxygen atoms in total. The predicted octanol–water partition coefficient (Wildman–Crippen LogP) is 3.97. The lowest BCUT2D eigenvalue weighted by atomic mass is 9.96. The van der Waals surface area contributed by atoms with E-state index in [0.717, 1.165) is 29.7 Å². The van der Waals surface area contributed by atoms with E-state index in [1.54, 1.807) is 12.1 Å². The molecule has 0 saturated carbocycles. The molecule has 1 unspecified atom stereocenters. The van der Waals surface area contributed by atoms with Gasteiger partial charge in [-0.15, -0.1) is 0 Å². The van der Waals surface area contributed by atoms with E-state index in [2.05, 4.69) is 19.0 Å². The Labute approximate surface area is 106 Å². The second kappa shape index (κ2) is 5.21. The zero-order valence-corrected chi connectivity index (χ0v) is 10.6. The molecule has 0 saturated heterocycles. The molecule has 18 heavy (non-hydrogen) atoms. The molecule has 0 aliphatic rings. The van der Waals surface area contributed by atoms with Gasteiger partial charge in [0.05, 0.1) is 5.56 Å². The lowest BCUT2D eigenvalue weighted by Crippen LogP contribution is -1.95. The monoisotopic (exact) mass is 248 g/mol. The van der Waals surface area contributed by atoms with Crippen LogP contribution in [0.3, 0.4) is 0 Å². The summed E-state index contributed by atoms with van der Waals surface area (Å²) >= 11 is 0. The molecule has 1 aromatic carbocycles. The highest BCUT2D eigenvalue weighted by atomic mass is 19.1. The summed E-state index contributed by atoms with van der Waals surface area (Å²) in [6.45, 7) is 4.20. The molecule has 96 valence electrons. The SMILES string of the molecule is CCCC(C)c1onc(N)c1-c1ccc(F)cc1. The Hall–Kier alpha value is -1.84. The summed E-state index contributed by atoms with van der Waals surface area (Å²) < 4.78 is 18.3. The third-order valence-electron chi connectivity index (χ3n) is 3.05. The van der Waals surface area contributed by atoms with Gasteiger partial charge in [0, 0.05) is 5.92 Å². The highest BCUT2D eigenvalue weighted by Gasteiger charge is 2.20. The third-order valence-corrected chi connectivity index (χ3v) is 3.05. The van der Waals surface area contributed by atoms with Crippen molar-refractivity contribution in [2.45, 2.75) is 32.6 Å². The first-order valence-corrected chi connectivity index (χ1v) is 6.14. The molecule has 0 spiro atoms. The molecule has 4 heteroatoms. The van der Waals surface area contributed by atoms with Crippen LogP contribution in [0.5, 0.6) is 0 Å². The average Bonchev–Trinajstić information content (AvgIpc) is 2.73. The first-order chi connectivity index (χ1) is 8.63. The second-order valence-electron chi connectivity index (χ2n) is 4.50. The Bertz CT molecular complexity index is 519. The van der Waals surface area contributed by atoms with Crippen LogP contribution in [0.2, 0.25) is 0 Å². The van der Waals surface area contributed by atoms with Gasteiger partial charge in [-0.25, -0.2) is 4.39 Å². The topological polar surface area (TPSA) is 52.0 Å². The minimum Gasteiger partial charge on any atom is -0.380 e. The van der Waals surface area contributed by atoms with Gasteiger partial charge in [0.25, 0.3) is 0 Å². The number of hydrogen-bond donors (Lipinski definition) is 1. The van der Waals surface area contributed by atoms with Crippen LogP contribution in [-0.2, 0) is 0 Å². The van der Waals surface area contributed by atoms with Gasteiger partial charge in [-0.2, -0.15) is 0 Å². The standard InChI is InChI=1S/C14H17FN2O/c1-3-4-9(2)13-12(14(16)17-18-13)10-5-7-11(15)8-6-10/h5-9H,3-4H2,1-2H3,(H2,16,17). The lowest BCUT2D eigenvalue weighted by Gasteiger charge is -2.08. The number of rotatable bonds is 4. The van der Waals surface area contributed by atoms with Crippen molar-refractivity contribution in [2.75, 3.05) is 5.73 Å². The number of nitrogens with zero attached hydrogens (tertiary/aromatic N) is 1. The van der Waals surface area contributed by atoms with Gasteiger partial charge >= 0.3 is 0 Å². The van der Waals surface area contributed by atoms with E-state index in [4.69, 9.17) is 10.3 Å². The molecule has 2 aromatic rings. The Balaban J connectivity index is 2.43. The smallest absolute Gasteiger partial charge is 0.175 e. The van der Waals surface area contributed by atoms with E-state index in [9.17, 15) is 4.39 Å². The number of benzene rings is 1. The fraction of sp³-hybridized carbons (Fsp3) is 0.357. The van der Waals surface area contributed by atoms with Crippen molar-refractivity contribution in [3.05, 3.63) is 35.8 Å². The van der Waals surface area contributed by atoms with Gasteiger partial charge in [0.2, 0.25) is 0 Å². The summed E-state index contributed by atoms with van der Waals surface area (Å²) in [7, 11) is 0. The molecular weight excluding hydrogens is 231 g/mol. The largest absolute Gasteiger partial charge is 0.380 e. The van der Waals surface area contributed by atoms with Crippen molar-refractivity contribution in [1.29, 1.82) is 0 Å². The van der Waals surface area contributed by atoms with Crippen molar-refractivity contribution < 1.29 is 8.91 Å². The summed E-state index contributed by atoms with van der Waals surface area (Å²) in [5.74, 6) is 1.12. The maximum absolute atomic E-state index is 12.9. The number of aromatic nitrogens is 1. The summed E-state index contributed by atoms with van der Waals surface area (Å²) in [4.78, 5) is 0. The van der Waals surface area contributed by atoms with Crippen LogP contribution in [0.4, 0.5) is 10.2 Å². The van der Waals surface area contributed by atoms with Crippen LogP contribution in [0.1, 0.15) is 38.4 Å². The van der Waals surface area contributed by atoms with Crippen LogP contribution in [-0.4, -0.2) is 5.16 Å². The van der Waals surface area contributed by atoms with E-state index in [1.807, 2.05) is 0 Å². The van der Waals surface area contributed by atoms with Crippen LogP contribution >= 0.6 is 0 Å². The number of hydrogen-bond acceptors (Lipinski definition) is 3. The number of nitrogen functional groups attached to an aromatic ring is 1. The van der Waals surface area contributed by atoms with Gasteiger partial charge in [0.15, 0.2) is 5.82 Å². The molecular formula is C14H17FN2O. The highest BCUT2D eigenvalue weighted by molar-refractivity contribution is 5.75. The molecule has 2 N–H and O–H groups in total. The van der Waals surface area contributed by atoms with Crippen molar-refractivity contribution in [2.24, 2.45) is 0 Å². The summed E-state index contributed by atoms with van der Waals surface area (Å²) in [6.07, 6.45) is 2.06. The fourth-order valence-electron chi connectivity index (χ4n) is 2.12. The minimum absolute atomic E-state index is 0.250. The van der Waals surface area contributed by atoms with Gasteiger partial charge in [-0.3, -0.25) is 0 Å². The molecule has 1 aromatic heterocycles. The highest BCUT2D eigenvalue weighted by Crippen LogP contribution is 2.35. The Morgan fingerprint density at radius 2 is 2.00 bits per heavy atom. The molecule has 0 fully saturated rings. The molecule has 1 atom stereocenters. The second-order valence-corrected chi connectivity index (χ2v) is 4.50. The third kappa shape index (κ3) is 2.37. The first kappa shape index (κ1) is 12.6. The Morgan fingerprint density at radius 1 is 1.33 bits per heavy atom. The Morgan fingerprint density at radius 3 is 2.61 bits per heavy atom. The fourth-order valence-corrected chi connectivity index (χ4v) is 2.12. The zero-order chi connectivity index (χ0) is 13.1. The molecule has 0 bridgehead atoms. The van der Waals surface area contributed by atoms with Gasteiger partial charge < -0.3 is 10.3 Å². The van der Waals surface area contributed by atoms with Crippen LogP contribution in [0, 0.1) is 5.82 Å². The molecule has 1 heterocycles. The summed E-state index contributed by atoms with van der Waals surface area (Å²) in [5, 5.41) is 3.83. The maximum Gasteiger partial charge on any atom is 0.175 e. The quantitative estimate of drug-likeness (QED) is 0.890. The molecule has 0 aliphatic carbocycles. The van der Waals surface area contributed by atoms with Crippen LogP contribution < -0.4 is 5.73 Å². The first-order valence-electron chi connectivity index (χ1n) is 6.14. The minimum atomic E-state index is -0.267. The zero-order valence-electron chi connectivity index (χ0n) is 10.6. The van der Waals surface area contributed by atoms with Crippen molar-refractivity contribution in [3.8, 4) is 11.1 Å². The van der Waals surface area contributed by atoms with E-state index in [0.29, 0.717) is 5.82 Å². The molecule has 0 radical (unpaired) electrons. The van der Waals surface area contributed by atoms with Gasteiger partial charge in [-0.05, 0) is 24.1 Å². The normalized spacial score (nSPS) is 12.6. The van der Waals surface area contributed by atoms with E-state index in [1.165, 1.54) is 12.1 Å². The van der Waals surface area contributed by atoms with Crippen LogP contribution in [0.15, 0.2) is 28.8 Å². The van der Waals surface area contributed by atoms with E-state index >= 15 is 0 Å². The van der Waals surface area contributed by atoms with E-state index < -0.39 is 0 Å². The maximum atomic E-state index is 12.9. The number of nitrogens with two attached hydrogens (primary N) is 1. The lowest BCUT2D eigenvalue weighted by molar-refractivity contribution is 0.362. The molecule has 2 rings (SSSR count). The van der Waals surface area contributed by atoms with Crippen LogP contribution in [0.25, 0.3) is 11.1 Å². The molecule has 0 amide bonds. The van der Waals surface area contributed by atoms with Gasteiger partial charge in [0.1, 0.15) is 11.6 Å². The number of halogens is 1. The summed E-state index contributed by atoms with van der Waals surface area (Å²) in [5.41, 5.74) is 7.48. The van der Waals surface area contributed by atoms with Crippen molar-refractivity contribution in [3.63, 3.8) is 0 Å². The van der Waals surface area contributed by atoms with Crippen molar-refractivity contribution >= 4 is 5.82 Å². The van der Waals surface area contributed by atoms with E-state index in [-0.39, 0.29) is 11.7 Å². The summed E-state index contributed by atoms with van der Waals surface area (Å²) in [6, 6.07) is 6.22. The average molecular weight is 248 g/mol.